The van der Waals surface area contributed by atoms with Crippen molar-refractivity contribution in [2.75, 3.05) is 7.11 Å². The molecule has 1 amide bonds. The molecular weight excluding hydrogens is 180 g/mol. The van der Waals surface area contributed by atoms with Crippen molar-refractivity contribution < 1.29 is 9.53 Å². The molecule has 14 heavy (non-hydrogen) atoms. The summed E-state index contributed by atoms with van der Waals surface area (Å²) < 4.78 is 4.94. The smallest absolute Gasteiger partial charge is 0.225 e. The first-order valence-electron chi connectivity index (χ1n) is 4.19. The van der Waals surface area contributed by atoms with E-state index in [1.807, 2.05) is 20.8 Å². The number of amides is 1. The molecule has 0 aliphatic heterocycles. The van der Waals surface area contributed by atoms with Crippen molar-refractivity contribution in [3.8, 4) is 0 Å². The first-order chi connectivity index (χ1) is 6.41. The molecule has 0 aliphatic carbocycles. The summed E-state index contributed by atoms with van der Waals surface area (Å²) >= 11 is 0. The van der Waals surface area contributed by atoms with Gasteiger partial charge in [0.1, 0.15) is 0 Å². The zero-order chi connectivity index (χ0) is 11.6. The highest BCUT2D eigenvalue weighted by molar-refractivity contribution is 5.45. The average Bonchev–Trinajstić information content (AvgIpc) is 2.14. The van der Waals surface area contributed by atoms with E-state index in [9.17, 15) is 4.79 Å². The van der Waals surface area contributed by atoms with Gasteiger partial charge in [-0.25, -0.2) is 0 Å². The van der Waals surface area contributed by atoms with Crippen LogP contribution >= 0.6 is 0 Å². The van der Waals surface area contributed by atoms with Crippen LogP contribution in [0.2, 0.25) is 0 Å². The van der Waals surface area contributed by atoms with E-state index in [1.165, 1.54) is 17.4 Å². The molecule has 0 rings (SSSR count). The fourth-order valence-corrected chi connectivity index (χ4v) is 0.241. The number of nitrogens with one attached hydrogen (secondary N) is 1. The van der Waals surface area contributed by atoms with Crippen molar-refractivity contribution in [2.24, 2.45) is 0 Å². The van der Waals surface area contributed by atoms with Crippen molar-refractivity contribution in [2.45, 2.75) is 26.4 Å². The fraction of sp³-hybridized carbons (Fsp3) is 0.500. The lowest BCUT2D eigenvalue weighted by Crippen LogP contribution is -2.25. The molecule has 0 saturated heterocycles. The summed E-state index contributed by atoms with van der Waals surface area (Å²) in [4.78, 5) is 9.68. The Balaban J connectivity index is 0. The SMILES string of the molecule is C=CN(C=C)NC=O.COC(C)(C)C. The zero-order valence-corrected chi connectivity index (χ0v) is 9.41. The maximum Gasteiger partial charge on any atom is 0.225 e. The second kappa shape index (κ2) is 8.31. The highest BCUT2D eigenvalue weighted by Crippen LogP contribution is 2.02. The van der Waals surface area contributed by atoms with Gasteiger partial charge in [0.25, 0.3) is 0 Å². The Kier molecular flexibility index (Phi) is 9.02. The zero-order valence-electron chi connectivity index (χ0n) is 9.41. The molecule has 4 nitrogen and oxygen atoms in total. The predicted octanol–water partition coefficient (Wildman–Crippen LogP) is 1.67. The van der Waals surface area contributed by atoms with Crippen LogP contribution in [0.5, 0.6) is 0 Å². The van der Waals surface area contributed by atoms with E-state index < -0.39 is 0 Å². The van der Waals surface area contributed by atoms with Gasteiger partial charge in [-0.05, 0) is 20.8 Å². The highest BCUT2D eigenvalue weighted by Gasteiger charge is 2.03. The van der Waals surface area contributed by atoms with E-state index in [0.29, 0.717) is 6.41 Å². The van der Waals surface area contributed by atoms with Gasteiger partial charge in [0.2, 0.25) is 6.41 Å². The summed E-state index contributed by atoms with van der Waals surface area (Å²) in [5.41, 5.74) is 2.34. The Hall–Kier alpha value is -1.29. The number of hydrogen-bond donors (Lipinski definition) is 1. The molecule has 0 heterocycles. The molecule has 0 bridgehead atoms. The van der Waals surface area contributed by atoms with E-state index in [0.717, 1.165) is 0 Å². The molecule has 0 aromatic carbocycles. The molecule has 0 aromatic rings. The minimum Gasteiger partial charge on any atom is -0.379 e. The number of methoxy groups -OCH3 is 1. The molecule has 0 aromatic heterocycles. The molecule has 0 atom stereocenters. The predicted molar refractivity (Wildman–Crippen MR) is 58.2 cm³/mol. The maximum absolute atomic E-state index is 9.68. The Morgan fingerprint density at radius 2 is 1.64 bits per heavy atom. The summed E-state index contributed by atoms with van der Waals surface area (Å²) in [7, 11) is 1.71. The Bertz CT molecular complexity index is 165. The van der Waals surface area contributed by atoms with Gasteiger partial charge in [-0.3, -0.25) is 15.2 Å². The monoisotopic (exact) mass is 200 g/mol. The van der Waals surface area contributed by atoms with Crippen molar-refractivity contribution in [3.05, 3.63) is 25.6 Å². The topological polar surface area (TPSA) is 41.6 Å². The molecule has 0 radical (unpaired) electrons. The second-order valence-corrected chi connectivity index (χ2v) is 3.34. The third-order valence-corrected chi connectivity index (χ3v) is 1.21. The molecule has 0 saturated carbocycles. The summed E-state index contributed by atoms with van der Waals surface area (Å²) in [5, 5.41) is 1.34. The number of hydrazine groups is 1. The van der Waals surface area contributed by atoms with Crippen molar-refractivity contribution >= 4 is 6.41 Å². The minimum atomic E-state index is 0.0417. The summed E-state index contributed by atoms with van der Waals surface area (Å²) in [6, 6.07) is 0. The number of nitrogens with zero attached hydrogens (tertiary/aromatic N) is 1. The number of rotatable bonds is 4. The van der Waals surface area contributed by atoms with Crippen LogP contribution in [0.15, 0.2) is 25.6 Å². The van der Waals surface area contributed by atoms with E-state index in [1.54, 1.807) is 7.11 Å². The van der Waals surface area contributed by atoms with Crippen molar-refractivity contribution in [1.29, 1.82) is 0 Å². The molecule has 82 valence electrons. The second-order valence-electron chi connectivity index (χ2n) is 3.34. The number of hydrogen-bond acceptors (Lipinski definition) is 3. The van der Waals surface area contributed by atoms with Crippen molar-refractivity contribution in [3.63, 3.8) is 0 Å². The van der Waals surface area contributed by atoms with Crippen LogP contribution in [0.3, 0.4) is 0 Å². The van der Waals surface area contributed by atoms with Crippen LogP contribution < -0.4 is 5.43 Å². The van der Waals surface area contributed by atoms with Gasteiger partial charge < -0.3 is 4.74 Å². The van der Waals surface area contributed by atoms with E-state index in [4.69, 9.17) is 4.74 Å². The lowest BCUT2D eigenvalue weighted by Gasteiger charge is -2.14. The maximum atomic E-state index is 9.68. The van der Waals surface area contributed by atoms with Crippen LogP contribution in [-0.4, -0.2) is 24.1 Å². The quantitative estimate of drug-likeness (QED) is 0.554. The van der Waals surface area contributed by atoms with Crippen LogP contribution in [0.1, 0.15) is 20.8 Å². The molecule has 0 spiro atoms. The van der Waals surface area contributed by atoms with Gasteiger partial charge in [0.05, 0.1) is 5.60 Å². The standard InChI is InChI=1S/C5H8N2O.C5H12O/c1-3-7(4-2)6-5-8;1-5(2,3)6-4/h3-5H,1-2H2,(H,6,8);1-4H3. The molecule has 1 N–H and O–H groups in total. The number of carbonyl (C=O) groups excluding carboxylic acids is 1. The molecule has 4 heteroatoms. The van der Waals surface area contributed by atoms with E-state index in [2.05, 4.69) is 18.6 Å². The van der Waals surface area contributed by atoms with E-state index >= 15 is 0 Å². The van der Waals surface area contributed by atoms with E-state index in [-0.39, 0.29) is 5.60 Å². The molecule has 0 unspecified atom stereocenters. The minimum absolute atomic E-state index is 0.0417. The Morgan fingerprint density at radius 1 is 1.29 bits per heavy atom. The van der Waals surface area contributed by atoms with Crippen LogP contribution in [0.4, 0.5) is 0 Å². The Labute approximate surface area is 86.2 Å². The van der Waals surface area contributed by atoms with Gasteiger partial charge in [0.15, 0.2) is 0 Å². The number of carbonyl (C=O) groups is 1. The van der Waals surface area contributed by atoms with Gasteiger partial charge >= 0.3 is 0 Å². The van der Waals surface area contributed by atoms with Gasteiger partial charge in [-0.15, -0.1) is 0 Å². The van der Waals surface area contributed by atoms with Crippen LogP contribution in [0.25, 0.3) is 0 Å². The highest BCUT2D eigenvalue weighted by atomic mass is 16.5. The van der Waals surface area contributed by atoms with Crippen LogP contribution in [0, 0.1) is 0 Å². The largest absolute Gasteiger partial charge is 0.379 e. The van der Waals surface area contributed by atoms with Gasteiger partial charge in [0, 0.05) is 19.5 Å². The third-order valence-electron chi connectivity index (χ3n) is 1.21. The van der Waals surface area contributed by atoms with Gasteiger partial charge in [-0.1, -0.05) is 13.2 Å². The van der Waals surface area contributed by atoms with Gasteiger partial charge in [-0.2, -0.15) is 0 Å². The fourth-order valence-electron chi connectivity index (χ4n) is 0.241. The average molecular weight is 200 g/mol. The summed E-state index contributed by atoms with van der Waals surface area (Å²) in [5.74, 6) is 0. The van der Waals surface area contributed by atoms with Crippen LogP contribution in [-0.2, 0) is 9.53 Å². The Morgan fingerprint density at radius 3 is 1.71 bits per heavy atom. The third kappa shape index (κ3) is 13.3. The normalized spacial score (nSPS) is 9.14. The lowest BCUT2D eigenvalue weighted by atomic mass is 10.2. The lowest BCUT2D eigenvalue weighted by molar-refractivity contribution is -0.112. The molecule has 0 fully saturated rings. The number of ether oxygens (including phenoxy) is 1. The van der Waals surface area contributed by atoms with Crippen molar-refractivity contribution in [1.82, 2.24) is 10.4 Å². The first-order valence-corrected chi connectivity index (χ1v) is 4.19. The summed E-state index contributed by atoms with van der Waals surface area (Å²) in [6.07, 6.45) is 3.41. The molecular formula is C10H20N2O2. The molecule has 0 aliphatic rings. The summed E-state index contributed by atoms with van der Waals surface area (Å²) in [6.45, 7) is 12.8. The first kappa shape index (κ1) is 15.2.